The summed E-state index contributed by atoms with van der Waals surface area (Å²) in [6.45, 7) is 0. The van der Waals surface area contributed by atoms with Crippen LogP contribution in [0.15, 0.2) is 59.1 Å². The molecule has 0 nitrogen and oxygen atoms in total. The van der Waals surface area contributed by atoms with Gasteiger partial charge in [0.1, 0.15) is 0 Å². The molecule has 0 fully saturated rings. The van der Waals surface area contributed by atoms with E-state index in [1.807, 2.05) is 24.3 Å². The maximum Gasteiger partial charge on any atom is 0.0651 e. The Morgan fingerprint density at radius 3 is 2.10 bits per heavy atom. The summed E-state index contributed by atoms with van der Waals surface area (Å²) in [6, 6.07) is 18.1. The zero-order valence-electron chi connectivity index (χ0n) is 10.8. The topological polar surface area (TPSA) is 0 Å². The van der Waals surface area contributed by atoms with Gasteiger partial charge in [-0.3, -0.25) is 0 Å². The van der Waals surface area contributed by atoms with E-state index >= 15 is 0 Å². The van der Waals surface area contributed by atoms with Crippen molar-refractivity contribution >= 4 is 65.8 Å². The first-order valence-electron chi connectivity index (χ1n) is 6.33. The van der Waals surface area contributed by atoms with Crippen molar-refractivity contribution in [2.24, 2.45) is 0 Å². The van der Waals surface area contributed by atoms with Gasteiger partial charge >= 0.3 is 0 Å². The number of benzene rings is 3. The van der Waals surface area contributed by atoms with Crippen LogP contribution in [0.3, 0.4) is 0 Å². The summed E-state index contributed by atoms with van der Waals surface area (Å²) in [5.41, 5.74) is 2.23. The van der Waals surface area contributed by atoms with Gasteiger partial charge in [-0.2, -0.15) is 0 Å². The number of fused-ring (bicyclic) bond motifs is 1. The van der Waals surface area contributed by atoms with Crippen molar-refractivity contribution in [3.05, 3.63) is 80.2 Å². The van der Waals surface area contributed by atoms with Crippen molar-refractivity contribution in [2.45, 2.75) is 4.83 Å². The predicted octanol–water partition coefficient (Wildman–Crippen LogP) is 7.39. The van der Waals surface area contributed by atoms with Gasteiger partial charge in [0.15, 0.2) is 0 Å². The molecule has 0 N–H and O–H groups in total. The summed E-state index contributed by atoms with van der Waals surface area (Å²) in [7, 11) is 0. The molecule has 0 aliphatic carbocycles. The summed E-state index contributed by atoms with van der Waals surface area (Å²) >= 11 is 19.6. The molecule has 0 bridgehead atoms. The number of halogens is 4. The normalized spacial score (nSPS) is 12.6. The number of alkyl halides is 1. The van der Waals surface area contributed by atoms with Crippen molar-refractivity contribution < 1.29 is 0 Å². The van der Waals surface area contributed by atoms with E-state index in [0.717, 1.165) is 10.0 Å². The first kappa shape index (κ1) is 15.4. The number of hydrogen-bond donors (Lipinski definition) is 0. The predicted molar refractivity (Wildman–Crippen MR) is 98.9 cm³/mol. The molecule has 21 heavy (non-hydrogen) atoms. The Hall–Kier alpha value is -0.540. The Kier molecular flexibility index (Phi) is 4.60. The maximum atomic E-state index is 6.11. The lowest BCUT2D eigenvalue weighted by Gasteiger charge is -2.15. The Balaban J connectivity index is 2.18. The first-order chi connectivity index (χ1) is 10.1. The molecule has 0 saturated heterocycles. The fraction of sp³-hybridized carbons (Fsp3) is 0.0588. The summed E-state index contributed by atoms with van der Waals surface area (Å²) < 4.78 is 1.09. The molecule has 0 amide bonds. The highest BCUT2D eigenvalue weighted by atomic mass is 79.9. The summed E-state index contributed by atoms with van der Waals surface area (Å²) in [5.74, 6) is 0. The van der Waals surface area contributed by atoms with Crippen molar-refractivity contribution in [3.8, 4) is 0 Å². The van der Waals surface area contributed by atoms with E-state index in [9.17, 15) is 0 Å². The SMILES string of the molecule is Clc1cc(Cl)cc(C(Br)c2ccc(Br)c3ccccc23)c1. The van der Waals surface area contributed by atoms with Crippen molar-refractivity contribution in [3.63, 3.8) is 0 Å². The molecule has 3 aromatic carbocycles. The lowest BCUT2D eigenvalue weighted by molar-refractivity contribution is 1.20. The van der Waals surface area contributed by atoms with Crippen molar-refractivity contribution in [1.82, 2.24) is 0 Å². The average Bonchev–Trinajstić information content (AvgIpc) is 2.46. The molecule has 1 atom stereocenters. The van der Waals surface area contributed by atoms with Crippen LogP contribution in [-0.2, 0) is 0 Å². The van der Waals surface area contributed by atoms with Crippen LogP contribution in [0.2, 0.25) is 10.0 Å². The van der Waals surface area contributed by atoms with Crippen molar-refractivity contribution in [2.75, 3.05) is 0 Å². The van der Waals surface area contributed by atoms with Gasteiger partial charge in [0.2, 0.25) is 0 Å². The van der Waals surface area contributed by atoms with Crippen LogP contribution < -0.4 is 0 Å². The van der Waals surface area contributed by atoms with Gasteiger partial charge in [-0.05, 0) is 46.2 Å². The molecule has 0 aliphatic heterocycles. The fourth-order valence-electron chi connectivity index (χ4n) is 2.41. The summed E-state index contributed by atoms with van der Waals surface area (Å²) in [4.78, 5) is 0.0340. The quantitative estimate of drug-likeness (QED) is 0.361. The van der Waals surface area contributed by atoms with Gasteiger partial charge in [0.05, 0.1) is 4.83 Å². The van der Waals surface area contributed by atoms with E-state index in [2.05, 4.69) is 56.1 Å². The standard InChI is InChI=1S/C17H10Br2Cl2/c18-16-6-5-15(13-3-1-2-4-14(13)16)17(19)10-7-11(20)9-12(21)8-10/h1-9,17H. The molecule has 1 unspecified atom stereocenters. The maximum absolute atomic E-state index is 6.11. The molecule has 0 saturated carbocycles. The first-order valence-corrected chi connectivity index (χ1v) is 8.80. The van der Waals surface area contributed by atoms with Crippen LogP contribution >= 0.6 is 55.1 Å². The third kappa shape index (κ3) is 3.14. The Morgan fingerprint density at radius 1 is 0.810 bits per heavy atom. The minimum Gasteiger partial charge on any atom is -0.0843 e. The van der Waals surface area contributed by atoms with Crippen LogP contribution in [0.1, 0.15) is 16.0 Å². The van der Waals surface area contributed by atoms with Gasteiger partial charge in [0.25, 0.3) is 0 Å². The van der Waals surface area contributed by atoms with E-state index in [1.54, 1.807) is 6.07 Å². The fourth-order valence-corrected chi connectivity index (χ4v) is 4.09. The van der Waals surface area contributed by atoms with Crippen molar-refractivity contribution in [1.29, 1.82) is 0 Å². The highest BCUT2D eigenvalue weighted by Gasteiger charge is 2.15. The summed E-state index contributed by atoms with van der Waals surface area (Å²) in [5, 5.41) is 3.67. The molecule has 0 aliphatic rings. The lowest BCUT2D eigenvalue weighted by atomic mass is 9.98. The van der Waals surface area contributed by atoms with Crippen LogP contribution in [0, 0.1) is 0 Å². The second-order valence-electron chi connectivity index (χ2n) is 4.75. The third-order valence-electron chi connectivity index (χ3n) is 3.36. The molecule has 3 aromatic rings. The largest absolute Gasteiger partial charge is 0.0843 e. The van der Waals surface area contributed by atoms with Gasteiger partial charge in [-0.25, -0.2) is 0 Å². The smallest absolute Gasteiger partial charge is 0.0651 e. The Morgan fingerprint density at radius 2 is 1.43 bits per heavy atom. The van der Waals surface area contributed by atoms with E-state index in [1.165, 1.54) is 16.3 Å². The molecular formula is C17H10Br2Cl2. The summed E-state index contributed by atoms with van der Waals surface area (Å²) in [6.07, 6.45) is 0. The molecule has 106 valence electrons. The Bertz CT molecular complexity index is 795. The monoisotopic (exact) mass is 442 g/mol. The van der Waals surface area contributed by atoms with Gasteiger partial charge in [-0.15, -0.1) is 0 Å². The van der Waals surface area contributed by atoms with Crippen LogP contribution in [-0.4, -0.2) is 0 Å². The Labute approximate surface area is 150 Å². The van der Waals surface area contributed by atoms with E-state index in [0.29, 0.717) is 10.0 Å². The number of rotatable bonds is 2. The molecule has 0 radical (unpaired) electrons. The van der Waals surface area contributed by atoms with Gasteiger partial charge in [0, 0.05) is 14.5 Å². The minimum atomic E-state index is 0.0340. The second-order valence-corrected chi connectivity index (χ2v) is 7.39. The highest BCUT2D eigenvalue weighted by molar-refractivity contribution is 9.10. The molecule has 0 aromatic heterocycles. The average molecular weight is 445 g/mol. The zero-order chi connectivity index (χ0) is 15.0. The van der Waals surface area contributed by atoms with Crippen LogP contribution in [0.4, 0.5) is 0 Å². The zero-order valence-corrected chi connectivity index (χ0v) is 15.5. The van der Waals surface area contributed by atoms with Gasteiger partial charge < -0.3 is 0 Å². The van der Waals surface area contributed by atoms with E-state index in [4.69, 9.17) is 23.2 Å². The third-order valence-corrected chi connectivity index (χ3v) is 5.51. The van der Waals surface area contributed by atoms with E-state index in [-0.39, 0.29) is 4.83 Å². The van der Waals surface area contributed by atoms with Crippen LogP contribution in [0.25, 0.3) is 10.8 Å². The molecule has 3 rings (SSSR count). The molecular weight excluding hydrogens is 435 g/mol. The minimum absolute atomic E-state index is 0.0340. The highest BCUT2D eigenvalue weighted by Crippen LogP contribution is 2.39. The second kappa shape index (κ2) is 6.29. The number of hydrogen-bond acceptors (Lipinski definition) is 0. The molecule has 0 heterocycles. The lowest BCUT2D eigenvalue weighted by Crippen LogP contribution is -1.95. The van der Waals surface area contributed by atoms with Crippen LogP contribution in [0.5, 0.6) is 0 Å². The van der Waals surface area contributed by atoms with Gasteiger partial charge in [-0.1, -0.05) is 85.4 Å². The molecule has 0 spiro atoms. The van der Waals surface area contributed by atoms with E-state index < -0.39 is 0 Å². The molecule has 4 heteroatoms.